The first-order valence-electron chi connectivity index (χ1n) is 8.82. The second-order valence-corrected chi connectivity index (χ2v) is 7.85. The van der Waals surface area contributed by atoms with Crippen LogP contribution in [-0.2, 0) is 13.2 Å². The van der Waals surface area contributed by atoms with Crippen LogP contribution in [0, 0.1) is 0 Å². The van der Waals surface area contributed by atoms with E-state index < -0.39 is 0 Å². The Morgan fingerprint density at radius 3 is 2.24 bits per heavy atom. The summed E-state index contributed by atoms with van der Waals surface area (Å²) >= 11 is 16.0. The molecule has 3 aromatic rings. The average molecular weight is 497 g/mol. The maximum Gasteiger partial charge on any atom is 0.175 e. The summed E-state index contributed by atoms with van der Waals surface area (Å²) in [5.74, 6) is 2.03. The van der Waals surface area contributed by atoms with Crippen LogP contribution in [0.25, 0.3) is 0 Å². The molecule has 0 atom stereocenters. The molecule has 7 heteroatoms. The van der Waals surface area contributed by atoms with Crippen LogP contribution in [0.2, 0.25) is 10.0 Å². The minimum atomic E-state index is 0.233. The van der Waals surface area contributed by atoms with E-state index in [1.54, 1.807) is 32.4 Å². The van der Waals surface area contributed by atoms with Gasteiger partial charge in [0.25, 0.3) is 0 Å². The fourth-order valence-corrected chi connectivity index (χ4v) is 3.85. The van der Waals surface area contributed by atoms with Gasteiger partial charge in [-0.05, 0) is 70.0 Å². The van der Waals surface area contributed by atoms with Crippen LogP contribution in [-0.4, -0.2) is 14.2 Å². The standard InChI is InChI=1S/C22H20BrCl2NO3/c1-27-16-8-6-15(7-9-16)26-12-14-10-18(23)22(21(11-14)28-2)29-13-17-19(24)4-3-5-20(17)25/h3-11,26H,12-13H2,1-2H3. The molecule has 0 bridgehead atoms. The summed E-state index contributed by atoms with van der Waals surface area (Å²) in [5, 5.41) is 4.50. The molecule has 0 unspecified atom stereocenters. The summed E-state index contributed by atoms with van der Waals surface area (Å²) in [6, 6.07) is 17.1. The van der Waals surface area contributed by atoms with Crippen molar-refractivity contribution in [3.8, 4) is 17.2 Å². The Morgan fingerprint density at radius 2 is 1.62 bits per heavy atom. The third-order valence-corrected chi connectivity index (χ3v) is 5.60. The summed E-state index contributed by atoms with van der Waals surface area (Å²) < 4.78 is 17.5. The Morgan fingerprint density at radius 1 is 0.931 bits per heavy atom. The van der Waals surface area contributed by atoms with E-state index in [1.165, 1.54) is 0 Å². The van der Waals surface area contributed by atoms with Crippen LogP contribution in [0.4, 0.5) is 5.69 Å². The van der Waals surface area contributed by atoms with Crippen molar-refractivity contribution in [1.82, 2.24) is 0 Å². The topological polar surface area (TPSA) is 39.7 Å². The Balaban J connectivity index is 1.73. The average Bonchev–Trinajstić information content (AvgIpc) is 2.73. The van der Waals surface area contributed by atoms with Gasteiger partial charge in [0.2, 0.25) is 0 Å². The molecule has 0 saturated heterocycles. The molecule has 0 fully saturated rings. The highest BCUT2D eigenvalue weighted by Gasteiger charge is 2.14. The molecule has 0 saturated carbocycles. The molecule has 1 N–H and O–H groups in total. The first kappa shape index (κ1) is 21.6. The van der Waals surface area contributed by atoms with Gasteiger partial charge in [-0.1, -0.05) is 29.3 Å². The van der Waals surface area contributed by atoms with Crippen molar-refractivity contribution in [3.05, 3.63) is 80.2 Å². The zero-order chi connectivity index (χ0) is 20.8. The molecule has 3 rings (SSSR count). The lowest BCUT2D eigenvalue weighted by Gasteiger charge is -2.16. The van der Waals surface area contributed by atoms with Crippen molar-refractivity contribution in [2.45, 2.75) is 13.2 Å². The van der Waals surface area contributed by atoms with E-state index in [9.17, 15) is 0 Å². The number of rotatable bonds is 8. The molecule has 152 valence electrons. The number of halogens is 3. The van der Waals surface area contributed by atoms with Crippen LogP contribution in [0.5, 0.6) is 17.2 Å². The van der Waals surface area contributed by atoms with E-state index >= 15 is 0 Å². The van der Waals surface area contributed by atoms with E-state index in [-0.39, 0.29) is 6.61 Å². The summed E-state index contributed by atoms with van der Waals surface area (Å²) in [5.41, 5.74) is 2.76. The van der Waals surface area contributed by atoms with E-state index in [4.69, 9.17) is 37.4 Å². The number of nitrogens with one attached hydrogen (secondary N) is 1. The number of hydrogen-bond acceptors (Lipinski definition) is 4. The summed E-state index contributed by atoms with van der Waals surface area (Å²) in [4.78, 5) is 0. The van der Waals surface area contributed by atoms with Crippen LogP contribution in [0.3, 0.4) is 0 Å². The number of anilines is 1. The van der Waals surface area contributed by atoms with E-state index in [1.807, 2.05) is 36.4 Å². The quantitative estimate of drug-likeness (QED) is 0.365. The third kappa shape index (κ3) is 5.50. The zero-order valence-electron chi connectivity index (χ0n) is 16.0. The molecular formula is C22H20BrCl2NO3. The highest BCUT2D eigenvalue weighted by molar-refractivity contribution is 9.10. The molecule has 0 heterocycles. The predicted molar refractivity (Wildman–Crippen MR) is 122 cm³/mol. The molecule has 0 aliphatic rings. The minimum absolute atomic E-state index is 0.233. The maximum absolute atomic E-state index is 6.23. The number of ether oxygens (including phenoxy) is 3. The van der Waals surface area contributed by atoms with Gasteiger partial charge in [-0.15, -0.1) is 0 Å². The first-order chi connectivity index (χ1) is 14.0. The second kappa shape index (κ2) is 10.1. The third-order valence-electron chi connectivity index (χ3n) is 4.30. The lowest BCUT2D eigenvalue weighted by molar-refractivity contribution is 0.282. The second-order valence-electron chi connectivity index (χ2n) is 6.18. The van der Waals surface area contributed by atoms with Gasteiger partial charge in [-0.25, -0.2) is 0 Å². The molecule has 0 radical (unpaired) electrons. The Hall–Kier alpha value is -2.08. The SMILES string of the molecule is COc1ccc(NCc2cc(Br)c(OCc3c(Cl)cccc3Cl)c(OC)c2)cc1. The van der Waals surface area contributed by atoms with Crippen LogP contribution in [0.1, 0.15) is 11.1 Å². The molecular weight excluding hydrogens is 477 g/mol. The lowest BCUT2D eigenvalue weighted by atomic mass is 10.2. The maximum atomic E-state index is 6.23. The van der Waals surface area contributed by atoms with Crippen molar-refractivity contribution in [3.63, 3.8) is 0 Å². The monoisotopic (exact) mass is 495 g/mol. The molecule has 0 spiro atoms. The van der Waals surface area contributed by atoms with Crippen LogP contribution >= 0.6 is 39.1 Å². The number of benzene rings is 3. The Bertz CT molecular complexity index is 960. The highest BCUT2D eigenvalue weighted by atomic mass is 79.9. The highest BCUT2D eigenvalue weighted by Crippen LogP contribution is 2.38. The van der Waals surface area contributed by atoms with Gasteiger partial charge in [0, 0.05) is 27.8 Å². The van der Waals surface area contributed by atoms with Crippen molar-refractivity contribution >= 4 is 44.8 Å². The van der Waals surface area contributed by atoms with E-state index in [0.29, 0.717) is 28.1 Å². The van der Waals surface area contributed by atoms with Gasteiger partial charge >= 0.3 is 0 Å². The lowest BCUT2D eigenvalue weighted by Crippen LogP contribution is -2.03. The normalized spacial score (nSPS) is 10.5. The van der Waals surface area contributed by atoms with Gasteiger partial charge in [-0.3, -0.25) is 0 Å². The largest absolute Gasteiger partial charge is 0.497 e. The van der Waals surface area contributed by atoms with Crippen molar-refractivity contribution < 1.29 is 14.2 Å². The predicted octanol–water partition coefficient (Wildman–Crippen LogP) is 6.96. The smallest absolute Gasteiger partial charge is 0.175 e. The summed E-state index contributed by atoms with van der Waals surface area (Å²) in [7, 11) is 3.26. The van der Waals surface area contributed by atoms with Crippen molar-refractivity contribution in [1.29, 1.82) is 0 Å². The fourth-order valence-electron chi connectivity index (χ4n) is 2.74. The zero-order valence-corrected chi connectivity index (χ0v) is 19.1. The molecule has 29 heavy (non-hydrogen) atoms. The number of methoxy groups -OCH3 is 2. The van der Waals surface area contributed by atoms with E-state index in [0.717, 1.165) is 27.0 Å². The summed E-state index contributed by atoms with van der Waals surface area (Å²) in [6.45, 7) is 0.856. The van der Waals surface area contributed by atoms with Crippen molar-refractivity contribution in [2.75, 3.05) is 19.5 Å². The fraction of sp³-hybridized carbons (Fsp3) is 0.182. The first-order valence-corrected chi connectivity index (χ1v) is 10.4. The molecule has 0 aliphatic heterocycles. The van der Waals surface area contributed by atoms with Gasteiger partial charge in [0.15, 0.2) is 11.5 Å². The molecule has 0 amide bonds. The van der Waals surface area contributed by atoms with Crippen LogP contribution < -0.4 is 19.5 Å². The van der Waals surface area contributed by atoms with Gasteiger partial charge in [0.05, 0.1) is 18.7 Å². The summed E-state index contributed by atoms with van der Waals surface area (Å²) in [6.07, 6.45) is 0. The Labute approximate surface area is 188 Å². The van der Waals surface area contributed by atoms with Gasteiger partial charge < -0.3 is 19.5 Å². The van der Waals surface area contributed by atoms with Gasteiger partial charge in [0.1, 0.15) is 12.4 Å². The Kier molecular flexibility index (Phi) is 7.53. The molecule has 4 nitrogen and oxygen atoms in total. The van der Waals surface area contributed by atoms with Gasteiger partial charge in [-0.2, -0.15) is 0 Å². The number of hydrogen-bond donors (Lipinski definition) is 1. The molecule has 0 aromatic heterocycles. The minimum Gasteiger partial charge on any atom is -0.497 e. The van der Waals surface area contributed by atoms with Crippen LogP contribution in [0.15, 0.2) is 59.1 Å². The molecule has 0 aliphatic carbocycles. The molecule has 3 aromatic carbocycles. The van der Waals surface area contributed by atoms with Crippen molar-refractivity contribution in [2.24, 2.45) is 0 Å². The van der Waals surface area contributed by atoms with E-state index in [2.05, 4.69) is 21.2 Å².